The number of nitrogens with zero attached hydrogens (tertiary/aromatic N) is 4. The number of imidazole rings is 1. The summed E-state index contributed by atoms with van der Waals surface area (Å²) in [6.07, 6.45) is 7.63. The largest absolute Gasteiger partial charge is 0.357 e. The fourth-order valence-corrected chi connectivity index (χ4v) is 4.38. The van der Waals surface area contributed by atoms with Gasteiger partial charge in [-0.25, -0.2) is 4.98 Å². The lowest BCUT2D eigenvalue weighted by Crippen LogP contribution is -2.49. The third-order valence-electron chi connectivity index (χ3n) is 6.05. The van der Waals surface area contributed by atoms with Gasteiger partial charge in [-0.2, -0.15) is 0 Å². The summed E-state index contributed by atoms with van der Waals surface area (Å²) in [5.74, 6) is 1.51. The quantitative estimate of drug-likeness (QED) is 0.604. The van der Waals surface area contributed by atoms with Crippen molar-refractivity contribution in [1.82, 2.24) is 19.8 Å². The van der Waals surface area contributed by atoms with Gasteiger partial charge in [-0.15, -0.1) is 0 Å². The second kappa shape index (κ2) is 8.68. The number of aromatic nitrogens is 2. The van der Waals surface area contributed by atoms with Gasteiger partial charge >= 0.3 is 0 Å². The van der Waals surface area contributed by atoms with E-state index in [2.05, 4.69) is 38.9 Å². The fraction of sp³-hybridized carbons (Fsp3) is 0.500. The highest BCUT2D eigenvalue weighted by Gasteiger charge is 2.31. The van der Waals surface area contributed by atoms with Crippen LogP contribution in [0.4, 0.5) is 5.69 Å². The number of carbonyl (C=O) groups excluding carboxylic acids is 1. The van der Waals surface area contributed by atoms with E-state index in [-0.39, 0.29) is 11.8 Å². The number of likely N-dealkylation sites (tertiary alicyclic amines) is 1. The molecule has 0 spiro atoms. The molecule has 154 valence electrons. The van der Waals surface area contributed by atoms with Crippen LogP contribution >= 0.6 is 0 Å². The molecule has 2 aliphatic rings. The number of para-hydroxylation sites is 1. The zero-order chi connectivity index (χ0) is 20.2. The molecule has 7 nitrogen and oxygen atoms in total. The smallest absolute Gasteiger partial charge is 0.232 e. The summed E-state index contributed by atoms with van der Waals surface area (Å²) < 4.78 is 2.21. The van der Waals surface area contributed by atoms with E-state index < -0.39 is 0 Å². The molecule has 3 unspecified atom stereocenters. The maximum absolute atomic E-state index is 12.4. The molecular weight excluding hydrogens is 364 g/mol. The standard InChI is InChI=1S/C22H30N6O/c1-3-24-22(27-12-9-16(2)20(14-27)28-13-11-23-15-28)25-10-8-18-17-6-4-5-7-19(17)26-21(18)29/h4-7,11,13,15-16,18,20H,3,8-10,12,14H2,1-2H3,(H,24,25)(H,26,29). The number of guanidine groups is 1. The molecule has 3 heterocycles. The number of carbonyl (C=O) groups is 1. The van der Waals surface area contributed by atoms with Gasteiger partial charge in [0.15, 0.2) is 5.96 Å². The van der Waals surface area contributed by atoms with E-state index in [1.54, 1.807) is 0 Å². The highest BCUT2D eigenvalue weighted by atomic mass is 16.2. The number of anilines is 1. The molecule has 2 aliphatic heterocycles. The Kier molecular flexibility index (Phi) is 5.83. The molecule has 2 aromatic rings. The molecule has 29 heavy (non-hydrogen) atoms. The minimum absolute atomic E-state index is 0.0818. The predicted molar refractivity (Wildman–Crippen MR) is 115 cm³/mol. The maximum Gasteiger partial charge on any atom is 0.232 e. The molecule has 0 aliphatic carbocycles. The zero-order valence-electron chi connectivity index (χ0n) is 17.2. The van der Waals surface area contributed by atoms with Crippen LogP contribution in [-0.2, 0) is 4.79 Å². The number of hydrogen-bond acceptors (Lipinski definition) is 3. The average Bonchev–Trinajstić information content (AvgIpc) is 3.36. The van der Waals surface area contributed by atoms with Crippen molar-refractivity contribution in [1.29, 1.82) is 0 Å². The number of fused-ring (bicyclic) bond motifs is 1. The van der Waals surface area contributed by atoms with Gasteiger partial charge in [0.25, 0.3) is 0 Å². The third-order valence-corrected chi connectivity index (χ3v) is 6.05. The highest BCUT2D eigenvalue weighted by molar-refractivity contribution is 6.02. The van der Waals surface area contributed by atoms with Crippen molar-refractivity contribution in [2.75, 3.05) is 31.5 Å². The number of hydrogen-bond donors (Lipinski definition) is 2. The number of benzene rings is 1. The van der Waals surface area contributed by atoms with E-state index in [0.717, 1.165) is 43.3 Å². The fourth-order valence-electron chi connectivity index (χ4n) is 4.38. The van der Waals surface area contributed by atoms with Crippen LogP contribution in [0.1, 0.15) is 44.2 Å². The normalized spacial score (nSPS) is 24.3. The Hall–Kier alpha value is -2.83. The van der Waals surface area contributed by atoms with Crippen LogP contribution in [0.25, 0.3) is 0 Å². The van der Waals surface area contributed by atoms with Gasteiger partial charge in [0, 0.05) is 44.3 Å². The molecule has 7 heteroatoms. The molecule has 1 aromatic heterocycles. The molecule has 0 bridgehead atoms. The molecule has 3 atom stereocenters. The number of piperidine rings is 1. The predicted octanol–water partition coefficient (Wildman–Crippen LogP) is 2.86. The van der Waals surface area contributed by atoms with E-state index in [4.69, 9.17) is 4.99 Å². The van der Waals surface area contributed by atoms with Crippen LogP contribution in [0.2, 0.25) is 0 Å². The molecule has 1 saturated heterocycles. The van der Waals surface area contributed by atoms with Crippen LogP contribution in [0, 0.1) is 5.92 Å². The molecular formula is C22H30N6O. The summed E-state index contributed by atoms with van der Waals surface area (Å²) >= 11 is 0. The highest BCUT2D eigenvalue weighted by Crippen LogP contribution is 2.34. The third kappa shape index (κ3) is 4.13. The van der Waals surface area contributed by atoms with Crippen molar-refractivity contribution in [3.63, 3.8) is 0 Å². The summed E-state index contributed by atoms with van der Waals surface area (Å²) in [7, 11) is 0. The lowest BCUT2D eigenvalue weighted by Gasteiger charge is -2.39. The topological polar surface area (TPSA) is 74.6 Å². The number of rotatable bonds is 5. The van der Waals surface area contributed by atoms with Crippen molar-refractivity contribution in [2.24, 2.45) is 10.9 Å². The van der Waals surface area contributed by atoms with Gasteiger partial charge in [-0.3, -0.25) is 9.79 Å². The Bertz CT molecular complexity index is 862. The lowest BCUT2D eigenvalue weighted by atomic mass is 9.93. The van der Waals surface area contributed by atoms with Crippen molar-refractivity contribution in [3.05, 3.63) is 48.5 Å². The zero-order valence-corrected chi connectivity index (χ0v) is 17.2. The summed E-state index contributed by atoms with van der Waals surface area (Å²) in [5.41, 5.74) is 2.02. The van der Waals surface area contributed by atoms with Crippen LogP contribution in [0.15, 0.2) is 48.0 Å². The molecule has 4 rings (SSSR count). The Morgan fingerprint density at radius 2 is 2.24 bits per heavy atom. The van der Waals surface area contributed by atoms with Gasteiger partial charge in [0.1, 0.15) is 0 Å². The van der Waals surface area contributed by atoms with Gasteiger partial charge in [-0.05, 0) is 37.3 Å². The first-order valence-corrected chi connectivity index (χ1v) is 10.6. The molecule has 0 saturated carbocycles. The Morgan fingerprint density at radius 3 is 3.03 bits per heavy atom. The molecule has 1 aromatic carbocycles. The van der Waals surface area contributed by atoms with Crippen LogP contribution in [0.3, 0.4) is 0 Å². The molecule has 2 N–H and O–H groups in total. The Labute approximate surface area is 172 Å². The molecule has 1 fully saturated rings. The average molecular weight is 395 g/mol. The lowest BCUT2D eigenvalue weighted by molar-refractivity contribution is -0.117. The Balaban J connectivity index is 1.43. The monoisotopic (exact) mass is 394 g/mol. The molecule has 0 radical (unpaired) electrons. The minimum atomic E-state index is -0.113. The minimum Gasteiger partial charge on any atom is -0.357 e. The first-order chi connectivity index (χ1) is 14.2. The second-order valence-electron chi connectivity index (χ2n) is 7.94. The van der Waals surface area contributed by atoms with Crippen LogP contribution in [-0.4, -0.2) is 52.5 Å². The maximum atomic E-state index is 12.4. The van der Waals surface area contributed by atoms with Crippen LogP contribution < -0.4 is 10.6 Å². The van der Waals surface area contributed by atoms with Crippen molar-refractivity contribution in [3.8, 4) is 0 Å². The number of aliphatic imine (C=N–C) groups is 1. The van der Waals surface area contributed by atoms with E-state index in [1.165, 1.54) is 0 Å². The van der Waals surface area contributed by atoms with Gasteiger partial charge in [0.05, 0.1) is 18.3 Å². The summed E-state index contributed by atoms with van der Waals surface area (Å²) in [5, 5.41) is 6.42. The number of amides is 1. The SMILES string of the molecule is CCNC(=NCCC1C(=O)Nc2ccccc21)N1CCC(C)C(n2ccnc2)C1. The van der Waals surface area contributed by atoms with Crippen molar-refractivity contribution < 1.29 is 4.79 Å². The van der Waals surface area contributed by atoms with Crippen molar-refractivity contribution in [2.45, 2.75) is 38.6 Å². The van der Waals surface area contributed by atoms with Gasteiger partial charge in [0.2, 0.25) is 5.91 Å². The summed E-state index contributed by atoms with van der Waals surface area (Å²) in [6.45, 7) is 7.75. The van der Waals surface area contributed by atoms with E-state index in [1.807, 2.05) is 43.0 Å². The first-order valence-electron chi connectivity index (χ1n) is 10.6. The Morgan fingerprint density at radius 1 is 1.38 bits per heavy atom. The van der Waals surface area contributed by atoms with Crippen LogP contribution in [0.5, 0.6) is 0 Å². The van der Waals surface area contributed by atoms with Gasteiger partial charge < -0.3 is 20.1 Å². The van der Waals surface area contributed by atoms with Crippen molar-refractivity contribution >= 4 is 17.6 Å². The van der Waals surface area contributed by atoms with E-state index in [9.17, 15) is 4.79 Å². The summed E-state index contributed by atoms with van der Waals surface area (Å²) in [6, 6.07) is 8.34. The van der Waals surface area contributed by atoms with Gasteiger partial charge in [-0.1, -0.05) is 25.1 Å². The van der Waals surface area contributed by atoms with E-state index in [0.29, 0.717) is 24.9 Å². The first kappa shape index (κ1) is 19.5. The van der Waals surface area contributed by atoms with E-state index >= 15 is 0 Å². The molecule has 1 amide bonds. The second-order valence-corrected chi connectivity index (χ2v) is 7.94. The summed E-state index contributed by atoms with van der Waals surface area (Å²) in [4.78, 5) is 23.8. The number of nitrogens with one attached hydrogen (secondary N) is 2.